The predicted octanol–water partition coefficient (Wildman–Crippen LogP) is 3.49. The van der Waals surface area contributed by atoms with E-state index < -0.39 is 5.78 Å². The number of hydrogen-bond acceptors (Lipinski definition) is 9. The number of para-hydroxylation sites is 1. The number of carbonyl (C=O) groups excluding carboxylic acids is 1. The number of phenols is 3. The Morgan fingerprint density at radius 3 is 1.93 bits per heavy atom. The van der Waals surface area contributed by atoms with Gasteiger partial charge in [-0.05, 0) is 61.0 Å². The Morgan fingerprint density at radius 2 is 1.38 bits per heavy atom. The third-order valence-corrected chi connectivity index (χ3v) is 5.98. The Hall–Kier alpha value is -4.28. The van der Waals surface area contributed by atoms with Crippen molar-refractivity contribution in [1.29, 1.82) is 0 Å². The summed E-state index contributed by atoms with van der Waals surface area (Å²) in [5.41, 5.74) is 3.55. The van der Waals surface area contributed by atoms with E-state index in [4.69, 9.17) is 4.74 Å². The SMILES string of the molecule is COc1ccc(C(=O)c2ccccc2O)c(O)c1.Cc1ccc(O)c(-n2nc3ccccc3n2)c1.[Si]O[Si]O[Si]. The molecule has 40 heavy (non-hydrogen) atoms. The largest absolute Gasteiger partial charge is 0.507 e. The number of nitrogens with zero attached hydrogens (tertiary/aromatic N) is 3. The highest BCUT2D eigenvalue weighted by Crippen LogP contribution is 2.28. The van der Waals surface area contributed by atoms with Gasteiger partial charge < -0.3 is 28.3 Å². The normalized spacial score (nSPS) is 10.2. The van der Waals surface area contributed by atoms with Crippen LogP contribution in [-0.2, 0) is 8.23 Å². The summed E-state index contributed by atoms with van der Waals surface area (Å²) in [6.07, 6.45) is 0. The number of hydrogen-bond donors (Lipinski definition) is 3. The van der Waals surface area contributed by atoms with Gasteiger partial charge in [-0.3, -0.25) is 4.79 Å². The maximum Gasteiger partial charge on any atom is 0.409 e. The molecule has 0 fully saturated rings. The zero-order valence-electron chi connectivity index (χ0n) is 21.4. The first-order valence-electron chi connectivity index (χ1n) is 11.5. The average molecular weight is 586 g/mol. The number of ketones is 1. The molecule has 0 aliphatic rings. The molecule has 0 saturated heterocycles. The summed E-state index contributed by atoms with van der Waals surface area (Å²) < 4.78 is 13.4. The molecule has 0 aliphatic carbocycles. The molecule has 10 nitrogen and oxygen atoms in total. The van der Waals surface area contributed by atoms with Crippen molar-refractivity contribution < 1.29 is 33.1 Å². The molecular weight excluding hydrogens is 563 g/mol. The summed E-state index contributed by atoms with van der Waals surface area (Å²) in [6.45, 7) is 1.96. The monoisotopic (exact) mass is 585 g/mol. The van der Waals surface area contributed by atoms with Crippen LogP contribution in [-0.4, -0.2) is 74.2 Å². The molecule has 0 aliphatic heterocycles. The lowest BCUT2D eigenvalue weighted by atomic mass is 10.0. The van der Waals surface area contributed by atoms with E-state index in [1.54, 1.807) is 24.3 Å². The number of carbonyl (C=O) groups is 1. The Kier molecular flexibility index (Phi) is 11.2. The number of fused-ring (bicyclic) bond motifs is 1. The smallest absolute Gasteiger partial charge is 0.409 e. The van der Waals surface area contributed by atoms with Crippen LogP contribution < -0.4 is 4.74 Å². The van der Waals surface area contributed by atoms with Crippen molar-refractivity contribution in [2.24, 2.45) is 0 Å². The summed E-state index contributed by atoms with van der Waals surface area (Å²) >= 11 is 0. The first kappa shape index (κ1) is 30.3. The van der Waals surface area contributed by atoms with Crippen LogP contribution in [0.15, 0.2) is 84.9 Å². The fraction of sp³-hybridized carbons (Fsp3) is 0.0741. The number of aromatic nitrogens is 3. The Bertz CT molecular complexity index is 1550. The van der Waals surface area contributed by atoms with Crippen LogP contribution in [0.25, 0.3) is 16.7 Å². The third kappa shape index (κ3) is 7.87. The Morgan fingerprint density at radius 1 is 0.775 bits per heavy atom. The minimum Gasteiger partial charge on any atom is -0.507 e. The van der Waals surface area contributed by atoms with Gasteiger partial charge in [-0.25, -0.2) is 0 Å². The average Bonchev–Trinajstić information content (AvgIpc) is 3.39. The first-order chi connectivity index (χ1) is 19.3. The fourth-order valence-corrected chi connectivity index (χ4v) is 3.96. The summed E-state index contributed by atoms with van der Waals surface area (Å²) in [5, 5.41) is 37.8. The number of phenolic OH excluding ortho intramolecular Hbond substituents is 3. The van der Waals surface area contributed by atoms with Gasteiger partial charge in [0.1, 0.15) is 39.7 Å². The number of aryl methyl sites for hydroxylation is 1. The molecule has 0 unspecified atom stereocenters. The number of benzene rings is 4. The lowest BCUT2D eigenvalue weighted by molar-refractivity contribution is 0.103. The van der Waals surface area contributed by atoms with Gasteiger partial charge in [-0.2, -0.15) is 0 Å². The van der Waals surface area contributed by atoms with Crippen molar-refractivity contribution >= 4 is 47.8 Å². The number of methoxy groups -OCH3 is 1. The van der Waals surface area contributed by atoms with E-state index in [0.717, 1.165) is 16.6 Å². The van der Waals surface area contributed by atoms with Gasteiger partial charge in [0.2, 0.25) is 21.0 Å². The quantitative estimate of drug-likeness (QED) is 0.202. The van der Waals surface area contributed by atoms with Crippen molar-refractivity contribution in [3.8, 4) is 28.7 Å². The highest BCUT2D eigenvalue weighted by molar-refractivity contribution is 6.33. The maximum absolute atomic E-state index is 12.1. The molecule has 1 aromatic heterocycles. The Labute approximate surface area is 239 Å². The van der Waals surface area contributed by atoms with Crippen molar-refractivity contribution in [1.82, 2.24) is 15.0 Å². The molecule has 0 amide bonds. The molecule has 4 aromatic carbocycles. The molecule has 3 N–H and O–H groups in total. The standard InChI is InChI=1S/C14H12O4.C13H11N3O.O2Si3/c1-18-9-6-7-11(13(16)8-9)14(17)10-4-2-3-5-12(10)15;1-9-6-7-13(17)12(8-9)16-14-10-4-2-3-5-11(10)15-16;3-1-5-2-4/h2-8,15-16H,1H3;2-8,17H,1H3;. The van der Waals surface area contributed by atoms with Crippen molar-refractivity contribution in [2.75, 3.05) is 7.11 Å². The molecule has 200 valence electrons. The second kappa shape index (κ2) is 14.8. The van der Waals surface area contributed by atoms with E-state index >= 15 is 0 Å². The summed E-state index contributed by atoms with van der Waals surface area (Å²) in [6, 6.07) is 23.6. The van der Waals surface area contributed by atoms with Gasteiger partial charge in [0.05, 0.1) is 18.2 Å². The molecule has 0 spiro atoms. The third-order valence-electron chi connectivity index (χ3n) is 5.31. The predicted molar refractivity (Wildman–Crippen MR) is 151 cm³/mol. The molecule has 5 rings (SSSR count). The van der Waals surface area contributed by atoms with Crippen LogP contribution in [0.3, 0.4) is 0 Å². The molecule has 0 bridgehead atoms. The van der Waals surface area contributed by atoms with Gasteiger partial charge in [-0.1, -0.05) is 30.3 Å². The maximum atomic E-state index is 12.1. The van der Waals surface area contributed by atoms with Crippen LogP contribution in [0.1, 0.15) is 21.5 Å². The van der Waals surface area contributed by atoms with Crippen LogP contribution in [0.4, 0.5) is 0 Å². The molecule has 8 radical (unpaired) electrons. The number of rotatable bonds is 6. The first-order valence-corrected chi connectivity index (χ1v) is 13.1. The number of ether oxygens (including phenoxy) is 1. The zero-order chi connectivity index (χ0) is 29.1. The molecule has 13 heteroatoms. The summed E-state index contributed by atoms with van der Waals surface area (Å²) in [7, 11) is 6.91. The van der Waals surface area contributed by atoms with Crippen molar-refractivity contribution in [2.45, 2.75) is 6.92 Å². The topological polar surface area (TPSA) is 136 Å². The lowest BCUT2D eigenvalue weighted by Gasteiger charge is -2.07. The van der Waals surface area contributed by atoms with Crippen LogP contribution in [0, 0.1) is 6.92 Å². The van der Waals surface area contributed by atoms with Crippen LogP contribution in [0.2, 0.25) is 0 Å². The molecule has 5 aromatic rings. The second-order valence-electron chi connectivity index (χ2n) is 7.99. The van der Waals surface area contributed by atoms with Crippen LogP contribution in [0.5, 0.6) is 23.0 Å². The lowest BCUT2D eigenvalue weighted by Crippen LogP contribution is -2.02. The second-order valence-corrected chi connectivity index (χ2v) is 9.79. The highest BCUT2D eigenvalue weighted by Gasteiger charge is 2.17. The molecule has 1 heterocycles. The van der Waals surface area contributed by atoms with Gasteiger partial charge >= 0.3 is 10.0 Å². The van der Waals surface area contributed by atoms with E-state index in [2.05, 4.69) is 39.4 Å². The van der Waals surface area contributed by atoms with Gasteiger partial charge in [0.25, 0.3) is 0 Å². The van der Waals surface area contributed by atoms with Gasteiger partial charge in [0, 0.05) is 6.07 Å². The van der Waals surface area contributed by atoms with E-state index in [-0.39, 0.29) is 38.4 Å². The van der Waals surface area contributed by atoms with Gasteiger partial charge in [0.15, 0.2) is 5.78 Å². The fourth-order valence-electron chi connectivity index (χ4n) is 3.42. The van der Waals surface area contributed by atoms with E-state index in [1.165, 1.54) is 36.2 Å². The van der Waals surface area contributed by atoms with E-state index in [9.17, 15) is 20.1 Å². The van der Waals surface area contributed by atoms with E-state index in [1.807, 2.05) is 43.3 Å². The minimum absolute atomic E-state index is 0.0247. The Balaban J connectivity index is 0.000000189. The summed E-state index contributed by atoms with van der Waals surface area (Å²) in [4.78, 5) is 13.6. The van der Waals surface area contributed by atoms with Gasteiger partial charge in [-0.15, -0.1) is 15.0 Å². The number of aromatic hydroxyl groups is 3. The minimum atomic E-state index is -0.437. The molecule has 0 saturated carbocycles. The zero-order valence-corrected chi connectivity index (χ0v) is 24.4. The van der Waals surface area contributed by atoms with Crippen molar-refractivity contribution in [3.05, 3.63) is 102 Å². The summed E-state index contributed by atoms with van der Waals surface area (Å²) in [5.74, 6) is -0.0918. The van der Waals surface area contributed by atoms with Crippen molar-refractivity contribution in [3.63, 3.8) is 0 Å². The molecular formula is C27H23N3O7Si3. The van der Waals surface area contributed by atoms with Crippen LogP contribution >= 0.6 is 0 Å². The van der Waals surface area contributed by atoms with E-state index in [0.29, 0.717) is 11.4 Å². The highest BCUT2D eigenvalue weighted by atomic mass is 28.3. The molecule has 0 atom stereocenters.